The molecule has 6 heteroatoms. The lowest BCUT2D eigenvalue weighted by atomic mass is 9.97. The lowest BCUT2D eigenvalue weighted by Gasteiger charge is -2.27. The van der Waals surface area contributed by atoms with Gasteiger partial charge in [-0.2, -0.15) is 10.5 Å². The van der Waals surface area contributed by atoms with Crippen molar-refractivity contribution in [3.63, 3.8) is 0 Å². The molecular weight excluding hydrogens is 314 g/mol. The number of nitrogens with zero attached hydrogens (tertiary/aromatic N) is 4. The second-order valence-electron chi connectivity index (χ2n) is 6.00. The molecule has 0 aliphatic carbocycles. The van der Waals surface area contributed by atoms with Gasteiger partial charge in [-0.3, -0.25) is 4.79 Å². The van der Waals surface area contributed by atoms with Crippen molar-refractivity contribution >= 4 is 11.7 Å². The minimum absolute atomic E-state index is 0.115. The lowest BCUT2D eigenvalue weighted by Crippen LogP contribution is -2.38. The summed E-state index contributed by atoms with van der Waals surface area (Å²) in [6.07, 6.45) is 5.34. The SMILES string of the molecule is N#Cc1cccc(-c2ccnc(NC(=O)C3CCCN(C#N)C3)c2)c1. The van der Waals surface area contributed by atoms with Crippen LogP contribution in [0.4, 0.5) is 5.82 Å². The Morgan fingerprint density at radius 3 is 2.88 bits per heavy atom. The van der Waals surface area contributed by atoms with Crippen LogP contribution in [0.1, 0.15) is 18.4 Å². The highest BCUT2D eigenvalue weighted by atomic mass is 16.2. The first-order valence-electron chi connectivity index (χ1n) is 8.12. The summed E-state index contributed by atoms with van der Waals surface area (Å²) in [5.41, 5.74) is 2.36. The molecule has 1 aliphatic rings. The molecule has 1 amide bonds. The van der Waals surface area contributed by atoms with Crippen LogP contribution in [0.15, 0.2) is 42.6 Å². The zero-order chi connectivity index (χ0) is 17.6. The largest absolute Gasteiger partial charge is 0.310 e. The monoisotopic (exact) mass is 331 g/mol. The number of nitrogens with one attached hydrogen (secondary N) is 1. The zero-order valence-corrected chi connectivity index (χ0v) is 13.6. The zero-order valence-electron chi connectivity index (χ0n) is 13.6. The van der Waals surface area contributed by atoms with E-state index >= 15 is 0 Å². The summed E-state index contributed by atoms with van der Waals surface area (Å²) < 4.78 is 0. The number of anilines is 1. The standard InChI is InChI=1S/C19H17N5O/c20-11-14-3-1-4-15(9-14)16-6-7-22-18(10-16)23-19(25)17-5-2-8-24(12-17)13-21/h1,3-4,6-7,9-10,17H,2,5,8,12H2,(H,22,23,25). The summed E-state index contributed by atoms with van der Waals surface area (Å²) in [5, 5.41) is 20.9. The Hall–Kier alpha value is -3.38. The van der Waals surface area contributed by atoms with Crippen LogP contribution in [0.25, 0.3) is 11.1 Å². The van der Waals surface area contributed by atoms with Crippen LogP contribution in [0.3, 0.4) is 0 Å². The number of piperidine rings is 1. The minimum Gasteiger partial charge on any atom is -0.310 e. The van der Waals surface area contributed by atoms with E-state index in [1.165, 1.54) is 0 Å². The highest BCUT2D eigenvalue weighted by Gasteiger charge is 2.25. The van der Waals surface area contributed by atoms with Gasteiger partial charge in [0.2, 0.25) is 5.91 Å². The average molecular weight is 331 g/mol. The molecule has 25 heavy (non-hydrogen) atoms. The molecule has 1 fully saturated rings. The van der Waals surface area contributed by atoms with Crippen molar-refractivity contribution in [2.75, 3.05) is 18.4 Å². The van der Waals surface area contributed by atoms with E-state index in [9.17, 15) is 4.79 Å². The maximum Gasteiger partial charge on any atom is 0.230 e. The summed E-state index contributed by atoms with van der Waals surface area (Å²) >= 11 is 0. The van der Waals surface area contributed by atoms with Crippen LogP contribution < -0.4 is 5.32 Å². The van der Waals surface area contributed by atoms with Gasteiger partial charge in [0.1, 0.15) is 5.82 Å². The van der Waals surface area contributed by atoms with E-state index in [2.05, 4.69) is 22.6 Å². The van der Waals surface area contributed by atoms with Crippen molar-refractivity contribution in [1.29, 1.82) is 10.5 Å². The molecule has 1 aromatic carbocycles. The van der Waals surface area contributed by atoms with Crippen LogP contribution in [-0.2, 0) is 4.79 Å². The van der Waals surface area contributed by atoms with E-state index in [4.69, 9.17) is 10.5 Å². The molecule has 124 valence electrons. The third kappa shape index (κ3) is 3.94. The Balaban J connectivity index is 1.74. The quantitative estimate of drug-likeness (QED) is 0.873. The van der Waals surface area contributed by atoms with Crippen molar-refractivity contribution in [3.8, 4) is 23.4 Å². The fraction of sp³-hybridized carbons (Fsp3) is 0.263. The number of likely N-dealkylation sites (tertiary alicyclic amines) is 1. The van der Waals surface area contributed by atoms with E-state index in [-0.39, 0.29) is 11.8 Å². The summed E-state index contributed by atoms with van der Waals surface area (Å²) in [4.78, 5) is 18.3. The molecule has 1 N–H and O–H groups in total. The average Bonchev–Trinajstić information content (AvgIpc) is 2.68. The second kappa shape index (κ2) is 7.46. The van der Waals surface area contributed by atoms with Gasteiger partial charge in [-0.05, 0) is 48.2 Å². The molecule has 0 saturated carbocycles. The van der Waals surface area contributed by atoms with Crippen LogP contribution in [-0.4, -0.2) is 28.9 Å². The topological polar surface area (TPSA) is 92.8 Å². The predicted molar refractivity (Wildman–Crippen MR) is 92.9 cm³/mol. The molecule has 0 bridgehead atoms. The summed E-state index contributed by atoms with van der Waals surface area (Å²) in [6.45, 7) is 1.16. The highest BCUT2D eigenvalue weighted by Crippen LogP contribution is 2.23. The normalized spacial score (nSPS) is 16.6. The molecule has 1 aliphatic heterocycles. The number of benzene rings is 1. The Kier molecular flexibility index (Phi) is 4.92. The maximum absolute atomic E-state index is 12.4. The lowest BCUT2D eigenvalue weighted by molar-refractivity contribution is -0.121. The first-order valence-corrected chi connectivity index (χ1v) is 8.12. The predicted octanol–water partition coefficient (Wildman–Crippen LogP) is 2.75. The molecule has 1 saturated heterocycles. The van der Waals surface area contributed by atoms with Crippen LogP contribution >= 0.6 is 0 Å². The van der Waals surface area contributed by atoms with Gasteiger partial charge in [0, 0.05) is 19.3 Å². The Morgan fingerprint density at radius 2 is 2.08 bits per heavy atom. The number of carbonyl (C=O) groups excluding carboxylic acids is 1. The van der Waals surface area contributed by atoms with Gasteiger partial charge in [0.15, 0.2) is 6.19 Å². The molecule has 2 aromatic rings. The van der Waals surface area contributed by atoms with Crippen LogP contribution in [0.5, 0.6) is 0 Å². The number of hydrogen-bond acceptors (Lipinski definition) is 5. The van der Waals surface area contributed by atoms with Gasteiger partial charge in [-0.1, -0.05) is 12.1 Å². The fourth-order valence-corrected chi connectivity index (χ4v) is 2.96. The van der Waals surface area contributed by atoms with Crippen molar-refractivity contribution in [2.24, 2.45) is 5.92 Å². The number of pyridine rings is 1. The molecule has 0 radical (unpaired) electrons. The molecule has 1 atom stereocenters. The fourth-order valence-electron chi connectivity index (χ4n) is 2.96. The Morgan fingerprint density at radius 1 is 1.24 bits per heavy atom. The molecule has 6 nitrogen and oxygen atoms in total. The van der Waals surface area contributed by atoms with Crippen molar-refractivity contribution in [3.05, 3.63) is 48.2 Å². The first-order chi connectivity index (χ1) is 12.2. The second-order valence-corrected chi connectivity index (χ2v) is 6.00. The third-order valence-electron chi connectivity index (χ3n) is 4.27. The summed E-state index contributed by atoms with van der Waals surface area (Å²) in [7, 11) is 0. The number of rotatable bonds is 3. The Bertz CT molecular complexity index is 865. The van der Waals surface area contributed by atoms with Gasteiger partial charge in [0.05, 0.1) is 17.6 Å². The number of hydrogen-bond donors (Lipinski definition) is 1. The van der Waals surface area contributed by atoms with E-state index in [0.29, 0.717) is 24.5 Å². The van der Waals surface area contributed by atoms with E-state index in [1.807, 2.05) is 18.2 Å². The van der Waals surface area contributed by atoms with Crippen LogP contribution in [0.2, 0.25) is 0 Å². The van der Waals surface area contributed by atoms with Gasteiger partial charge < -0.3 is 10.2 Å². The van der Waals surface area contributed by atoms with Crippen molar-refractivity contribution in [2.45, 2.75) is 12.8 Å². The van der Waals surface area contributed by atoms with E-state index < -0.39 is 0 Å². The van der Waals surface area contributed by atoms with E-state index in [0.717, 1.165) is 24.0 Å². The Labute approximate surface area is 146 Å². The van der Waals surface area contributed by atoms with E-state index in [1.54, 1.807) is 29.3 Å². The minimum atomic E-state index is -0.208. The number of carbonyl (C=O) groups is 1. The molecule has 2 heterocycles. The number of nitriles is 2. The highest BCUT2D eigenvalue weighted by molar-refractivity contribution is 5.92. The summed E-state index contributed by atoms with van der Waals surface area (Å²) in [5.74, 6) is 0.148. The molecule has 3 rings (SSSR count). The van der Waals surface area contributed by atoms with Gasteiger partial charge in [-0.25, -0.2) is 4.98 Å². The number of aromatic nitrogens is 1. The van der Waals surface area contributed by atoms with Crippen molar-refractivity contribution in [1.82, 2.24) is 9.88 Å². The summed E-state index contributed by atoms with van der Waals surface area (Å²) in [6, 6.07) is 13.0. The van der Waals surface area contributed by atoms with Gasteiger partial charge in [0.25, 0.3) is 0 Å². The van der Waals surface area contributed by atoms with Gasteiger partial charge >= 0.3 is 0 Å². The van der Waals surface area contributed by atoms with Crippen LogP contribution in [0, 0.1) is 28.7 Å². The maximum atomic E-state index is 12.4. The van der Waals surface area contributed by atoms with Gasteiger partial charge in [-0.15, -0.1) is 0 Å². The molecular formula is C19H17N5O. The third-order valence-corrected chi connectivity index (χ3v) is 4.27. The molecule has 1 unspecified atom stereocenters. The first kappa shape index (κ1) is 16.5. The number of amides is 1. The smallest absolute Gasteiger partial charge is 0.230 e. The molecule has 1 aromatic heterocycles. The molecule has 0 spiro atoms. The van der Waals surface area contributed by atoms with Crippen molar-refractivity contribution < 1.29 is 4.79 Å².